The predicted molar refractivity (Wildman–Crippen MR) is 100 cm³/mol. The number of nitrogens with one attached hydrogen (secondary N) is 1. The summed E-state index contributed by atoms with van der Waals surface area (Å²) in [4.78, 5) is 16.8. The largest absolute Gasteiger partial charge is 0.417 e. The summed E-state index contributed by atoms with van der Waals surface area (Å²) in [5, 5.41) is 7.49. The highest BCUT2D eigenvalue weighted by Crippen LogP contribution is 2.29. The third-order valence-electron chi connectivity index (χ3n) is 3.77. The minimum Gasteiger partial charge on any atom is -0.417 e. The molecule has 28 heavy (non-hydrogen) atoms. The maximum absolute atomic E-state index is 13.1. The molecule has 2 N–H and O–H groups in total. The number of carbonyl (C=O) groups excluding carboxylic acids is 1. The molecule has 142 valence electrons. The van der Waals surface area contributed by atoms with Crippen LogP contribution in [0, 0.1) is 5.82 Å². The Morgan fingerprint density at radius 2 is 1.93 bits per heavy atom. The SMILES string of the molecule is O=C(c1nnc(CNS(=O)O)o1)c1nc2ccc(-c3ccc(F)cc3)cc2s1. The third-order valence-corrected chi connectivity index (χ3v) is 5.18. The quantitative estimate of drug-likeness (QED) is 0.365. The van der Waals surface area contributed by atoms with Crippen molar-refractivity contribution < 1.29 is 22.4 Å². The fourth-order valence-corrected chi connectivity index (χ4v) is 3.66. The zero-order chi connectivity index (χ0) is 19.7. The van der Waals surface area contributed by atoms with Crippen molar-refractivity contribution in [2.24, 2.45) is 0 Å². The van der Waals surface area contributed by atoms with Crippen LogP contribution in [0.25, 0.3) is 21.3 Å². The Kier molecular flexibility index (Phi) is 5.05. The van der Waals surface area contributed by atoms with Crippen molar-refractivity contribution in [3.63, 3.8) is 0 Å². The molecule has 1 unspecified atom stereocenters. The van der Waals surface area contributed by atoms with Gasteiger partial charge < -0.3 is 4.42 Å². The van der Waals surface area contributed by atoms with E-state index in [0.717, 1.165) is 15.8 Å². The molecule has 2 aromatic heterocycles. The van der Waals surface area contributed by atoms with Gasteiger partial charge in [-0.25, -0.2) is 18.3 Å². The highest BCUT2D eigenvalue weighted by Gasteiger charge is 2.21. The van der Waals surface area contributed by atoms with Crippen molar-refractivity contribution in [3.05, 3.63) is 65.1 Å². The summed E-state index contributed by atoms with van der Waals surface area (Å²) in [5.74, 6) is -1.09. The van der Waals surface area contributed by atoms with Crippen molar-refractivity contribution in [1.29, 1.82) is 0 Å². The standard InChI is InChI=1S/C17H11FN4O4S2/c18-11-4-1-9(2-5-11)10-3-6-12-13(7-10)27-17(20-12)15(23)16-22-21-14(26-16)8-19-28(24)25/h1-7,19H,8H2,(H,24,25). The number of aromatic nitrogens is 3. The highest BCUT2D eigenvalue weighted by atomic mass is 32.2. The first-order valence-corrected chi connectivity index (χ1v) is 9.80. The lowest BCUT2D eigenvalue weighted by Crippen LogP contribution is -2.15. The van der Waals surface area contributed by atoms with E-state index in [4.69, 9.17) is 8.97 Å². The molecule has 8 nitrogen and oxygen atoms in total. The summed E-state index contributed by atoms with van der Waals surface area (Å²) in [5.41, 5.74) is 2.36. The Labute approximate surface area is 163 Å². The van der Waals surface area contributed by atoms with Crippen LogP contribution in [-0.2, 0) is 17.8 Å². The van der Waals surface area contributed by atoms with Crippen LogP contribution in [0.5, 0.6) is 0 Å². The minimum absolute atomic E-state index is 0.00505. The fraction of sp³-hybridized carbons (Fsp3) is 0.0588. The van der Waals surface area contributed by atoms with Crippen LogP contribution in [-0.4, -0.2) is 29.7 Å². The summed E-state index contributed by atoms with van der Waals surface area (Å²) in [7, 11) is 0. The lowest BCUT2D eigenvalue weighted by molar-refractivity contribution is 0.100. The van der Waals surface area contributed by atoms with E-state index in [-0.39, 0.29) is 29.2 Å². The number of rotatable bonds is 6. The average molecular weight is 418 g/mol. The molecule has 0 amide bonds. The Bertz CT molecular complexity index is 1190. The van der Waals surface area contributed by atoms with E-state index >= 15 is 0 Å². The van der Waals surface area contributed by atoms with Crippen molar-refractivity contribution in [2.45, 2.75) is 6.54 Å². The lowest BCUT2D eigenvalue weighted by atomic mass is 10.1. The molecule has 0 aliphatic heterocycles. The number of benzene rings is 2. The Balaban J connectivity index is 1.60. The molecule has 0 aliphatic rings. The molecule has 2 heterocycles. The van der Waals surface area contributed by atoms with Crippen LogP contribution < -0.4 is 4.72 Å². The number of nitrogens with zero attached hydrogens (tertiary/aromatic N) is 3. The summed E-state index contributed by atoms with van der Waals surface area (Å²) in [6.07, 6.45) is 0. The van der Waals surface area contributed by atoms with Crippen LogP contribution in [0.2, 0.25) is 0 Å². The van der Waals surface area contributed by atoms with Gasteiger partial charge in [-0.3, -0.25) is 9.35 Å². The van der Waals surface area contributed by atoms with E-state index in [1.807, 2.05) is 12.1 Å². The topological polar surface area (TPSA) is 118 Å². The second kappa shape index (κ2) is 7.64. The van der Waals surface area contributed by atoms with Gasteiger partial charge in [-0.1, -0.05) is 18.2 Å². The lowest BCUT2D eigenvalue weighted by Gasteiger charge is -2.01. The first-order valence-electron chi connectivity index (χ1n) is 7.87. The summed E-state index contributed by atoms with van der Waals surface area (Å²) in [6, 6.07) is 11.6. The van der Waals surface area contributed by atoms with Crippen molar-refractivity contribution in [3.8, 4) is 11.1 Å². The van der Waals surface area contributed by atoms with Gasteiger partial charge in [0.1, 0.15) is 5.82 Å². The molecule has 0 fully saturated rings. The first kappa shape index (κ1) is 18.5. The molecule has 0 aliphatic carbocycles. The molecule has 0 spiro atoms. The number of thiazole rings is 1. The molecular formula is C17H11FN4O4S2. The predicted octanol–water partition coefficient (Wildman–Crippen LogP) is 2.94. The molecule has 0 bridgehead atoms. The van der Waals surface area contributed by atoms with E-state index in [1.54, 1.807) is 18.2 Å². The number of fused-ring (bicyclic) bond motifs is 1. The normalized spacial score (nSPS) is 12.4. The van der Waals surface area contributed by atoms with Crippen molar-refractivity contribution in [2.75, 3.05) is 0 Å². The number of hydrogen-bond donors (Lipinski definition) is 2. The molecule has 0 radical (unpaired) electrons. The maximum Gasteiger partial charge on any atom is 0.291 e. The van der Waals surface area contributed by atoms with E-state index in [0.29, 0.717) is 5.52 Å². The third kappa shape index (κ3) is 3.87. The number of carbonyl (C=O) groups is 1. The summed E-state index contributed by atoms with van der Waals surface area (Å²) >= 11 is -1.05. The number of halogens is 1. The Hall–Kier alpha value is -2.86. The van der Waals surface area contributed by atoms with E-state index < -0.39 is 17.0 Å². The van der Waals surface area contributed by atoms with Crippen molar-refractivity contribution in [1.82, 2.24) is 19.9 Å². The van der Waals surface area contributed by atoms with Gasteiger partial charge >= 0.3 is 0 Å². The number of ketones is 1. The van der Waals surface area contributed by atoms with Crippen LogP contribution in [0.1, 0.15) is 21.6 Å². The molecule has 1 atom stereocenters. The Morgan fingerprint density at radius 1 is 1.18 bits per heavy atom. The molecule has 11 heteroatoms. The molecule has 0 saturated heterocycles. The average Bonchev–Trinajstić information content (AvgIpc) is 3.33. The van der Waals surface area contributed by atoms with Gasteiger partial charge in [0.05, 0.1) is 16.8 Å². The molecular weight excluding hydrogens is 407 g/mol. The van der Waals surface area contributed by atoms with Gasteiger partial charge in [0.2, 0.25) is 17.2 Å². The van der Waals surface area contributed by atoms with Crippen molar-refractivity contribution >= 4 is 38.6 Å². The molecule has 2 aromatic carbocycles. The summed E-state index contributed by atoms with van der Waals surface area (Å²) < 4.78 is 40.5. The van der Waals surface area contributed by atoms with Gasteiger partial charge in [0.15, 0.2) is 5.01 Å². The van der Waals surface area contributed by atoms with Gasteiger partial charge in [-0.05, 0) is 35.4 Å². The Morgan fingerprint density at radius 3 is 2.68 bits per heavy atom. The minimum atomic E-state index is -2.23. The van der Waals surface area contributed by atoms with Gasteiger partial charge in [-0.2, -0.15) is 0 Å². The van der Waals surface area contributed by atoms with Crippen LogP contribution >= 0.6 is 11.3 Å². The number of hydrogen-bond acceptors (Lipinski definition) is 7. The zero-order valence-electron chi connectivity index (χ0n) is 14.0. The monoisotopic (exact) mass is 418 g/mol. The van der Waals surface area contributed by atoms with Crippen LogP contribution in [0.3, 0.4) is 0 Å². The first-order chi connectivity index (χ1) is 13.5. The van der Waals surface area contributed by atoms with E-state index in [9.17, 15) is 13.4 Å². The second-order valence-electron chi connectivity index (χ2n) is 5.61. The highest BCUT2D eigenvalue weighted by molar-refractivity contribution is 7.77. The van der Waals surface area contributed by atoms with Gasteiger partial charge in [0, 0.05) is 0 Å². The van der Waals surface area contributed by atoms with Crippen LogP contribution in [0.15, 0.2) is 46.9 Å². The van der Waals surface area contributed by atoms with E-state index in [1.165, 1.54) is 23.5 Å². The van der Waals surface area contributed by atoms with E-state index in [2.05, 4.69) is 19.9 Å². The van der Waals surface area contributed by atoms with Crippen LogP contribution in [0.4, 0.5) is 4.39 Å². The second-order valence-corrected chi connectivity index (χ2v) is 7.43. The van der Waals surface area contributed by atoms with Gasteiger partial charge in [0.25, 0.3) is 11.7 Å². The zero-order valence-corrected chi connectivity index (χ0v) is 15.6. The summed E-state index contributed by atoms with van der Waals surface area (Å²) in [6.45, 7) is -0.149. The molecule has 4 rings (SSSR count). The molecule has 4 aromatic rings. The molecule has 0 saturated carbocycles. The maximum atomic E-state index is 13.1. The fourth-order valence-electron chi connectivity index (χ4n) is 2.48. The van der Waals surface area contributed by atoms with Gasteiger partial charge in [-0.15, -0.1) is 21.5 Å². The smallest absolute Gasteiger partial charge is 0.291 e.